The Balaban J connectivity index is 2.38. The molecule has 0 amide bonds. The molecule has 7 heteroatoms. The molecule has 1 N–H and O–H groups in total. The molecule has 0 saturated heterocycles. The Labute approximate surface area is 121 Å². The van der Waals surface area contributed by atoms with E-state index < -0.39 is 10.0 Å². The largest absolute Gasteiger partial charge is 0.318 e. The van der Waals surface area contributed by atoms with Crippen LogP contribution in [-0.4, -0.2) is 48.7 Å². The minimum atomic E-state index is -3.42. The van der Waals surface area contributed by atoms with Crippen molar-refractivity contribution >= 4 is 10.0 Å². The Morgan fingerprint density at radius 2 is 2.05 bits per heavy atom. The van der Waals surface area contributed by atoms with E-state index in [2.05, 4.69) is 10.4 Å². The van der Waals surface area contributed by atoms with E-state index in [-0.39, 0.29) is 6.04 Å². The van der Waals surface area contributed by atoms with E-state index in [4.69, 9.17) is 0 Å². The smallest absolute Gasteiger partial charge is 0.246 e. The number of aryl methyl sites for hydroxylation is 1. The van der Waals surface area contributed by atoms with E-state index in [0.29, 0.717) is 23.7 Å². The molecule has 1 aliphatic carbocycles. The molecule has 1 fully saturated rings. The SMILES string of the molecule is CCN(C1CC1)S(=O)(=O)c1c(C)nn(CCNC)c1C. The van der Waals surface area contributed by atoms with Crippen molar-refractivity contribution < 1.29 is 8.42 Å². The van der Waals surface area contributed by atoms with Crippen LogP contribution >= 0.6 is 0 Å². The van der Waals surface area contributed by atoms with Gasteiger partial charge in [-0.25, -0.2) is 8.42 Å². The van der Waals surface area contributed by atoms with Crippen LogP contribution in [0, 0.1) is 13.8 Å². The molecule has 0 atom stereocenters. The number of aromatic nitrogens is 2. The fourth-order valence-electron chi connectivity index (χ4n) is 2.59. The number of likely N-dealkylation sites (N-methyl/N-ethyl adjacent to an activating group) is 1. The maximum absolute atomic E-state index is 12.8. The van der Waals surface area contributed by atoms with E-state index in [1.54, 1.807) is 15.9 Å². The first-order valence-electron chi connectivity index (χ1n) is 7.14. The minimum absolute atomic E-state index is 0.185. The molecule has 0 radical (unpaired) electrons. The van der Waals surface area contributed by atoms with Gasteiger partial charge in [0.05, 0.1) is 17.9 Å². The normalized spacial score (nSPS) is 16.1. The van der Waals surface area contributed by atoms with E-state index in [1.165, 1.54) is 0 Å². The van der Waals surface area contributed by atoms with Crippen LogP contribution in [0.1, 0.15) is 31.2 Å². The van der Waals surface area contributed by atoms with Gasteiger partial charge in [0.1, 0.15) is 4.90 Å². The van der Waals surface area contributed by atoms with E-state index in [1.807, 2.05) is 20.9 Å². The van der Waals surface area contributed by atoms with Crippen molar-refractivity contribution in [1.29, 1.82) is 0 Å². The molecule has 20 heavy (non-hydrogen) atoms. The molecule has 0 unspecified atom stereocenters. The summed E-state index contributed by atoms with van der Waals surface area (Å²) in [5, 5.41) is 7.43. The summed E-state index contributed by atoms with van der Waals surface area (Å²) in [5.41, 5.74) is 1.33. The lowest BCUT2D eigenvalue weighted by molar-refractivity contribution is 0.420. The Morgan fingerprint density at radius 3 is 2.55 bits per heavy atom. The molecule has 1 heterocycles. The molecule has 0 bridgehead atoms. The minimum Gasteiger partial charge on any atom is -0.318 e. The Hall–Kier alpha value is -0.920. The van der Waals surface area contributed by atoms with Gasteiger partial charge in [-0.3, -0.25) is 4.68 Å². The van der Waals surface area contributed by atoms with Crippen molar-refractivity contribution in [3.8, 4) is 0 Å². The van der Waals surface area contributed by atoms with Crippen LogP contribution in [0.3, 0.4) is 0 Å². The predicted octanol–water partition coefficient (Wildman–Crippen LogP) is 0.892. The fourth-order valence-corrected chi connectivity index (χ4v) is 4.66. The predicted molar refractivity (Wildman–Crippen MR) is 78.2 cm³/mol. The van der Waals surface area contributed by atoms with Gasteiger partial charge in [-0.15, -0.1) is 0 Å². The number of nitrogens with zero attached hydrogens (tertiary/aromatic N) is 3. The van der Waals surface area contributed by atoms with E-state index in [0.717, 1.165) is 25.1 Å². The Bertz CT molecular complexity index is 575. The zero-order chi connectivity index (χ0) is 14.9. The summed E-state index contributed by atoms with van der Waals surface area (Å²) >= 11 is 0. The number of sulfonamides is 1. The molecular formula is C13H24N4O2S. The molecule has 0 aliphatic heterocycles. The Morgan fingerprint density at radius 1 is 1.40 bits per heavy atom. The van der Waals surface area contributed by atoms with Crippen molar-refractivity contribution in [2.75, 3.05) is 20.1 Å². The van der Waals surface area contributed by atoms with Gasteiger partial charge < -0.3 is 5.32 Å². The zero-order valence-corrected chi connectivity index (χ0v) is 13.5. The van der Waals surface area contributed by atoms with E-state index in [9.17, 15) is 8.42 Å². The lowest BCUT2D eigenvalue weighted by atomic mass is 10.4. The lowest BCUT2D eigenvalue weighted by Gasteiger charge is -2.20. The molecule has 1 saturated carbocycles. The van der Waals surface area contributed by atoms with Crippen LogP contribution in [0.5, 0.6) is 0 Å². The molecule has 6 nitrogen and oxygen atoms in total. The summed E-state index contributed by atoms with van der Waals surface area (Å²) in [6.07, 6.45) is 1.94. The van der Waals surface area contributed by atoms with Gasteiger partial charge >= 0.3 is 0 Å². The average Bonchev–Trinajstić information content (AvgIpc) is 3.14. The molecule has 2 rings (SSSR count). The van der Waals surface area contributed by atoms with Crippen molar-refractivity contribution in [2.24, 2.45) is 0 Å². The van der Waals surface area contributed by atoms with Crippen molar-refractivity contribution in [2.45, 2.75) is 51.1 Å². The molecule has 1 aromatic rings. The third kappa shape index (κ3) is 2.75. The second-order valence-corrected chi connectivity index (χ2v) is 7.09. The zero-order valence-electron chi connectivity index (χ0n) is 12.7. The average molecular weight is 300 g/mol. The molecule has 0 spiro atoms. The first-order valence-corrected chi connectivity index (χ1v) is 8.58. The van der Waals surface area contributed by atoms with Gasteiger partial charge in [-0.2, -0.15) is 9.40 Å². The third-order valence-electron chi connectivity index (χ3n) is 3.72. The van der Waals surface area contributed by atoms with Gasteiger partial charge in [0, 0.05) is 19.1 Å². The molecule has 1 aliphatic rings. The van der Waals surface area contributed by atoms with Crippen LogP contribution in [-0.2, 0) is 16.6 Å². The molecule has 114 valence electrons. The van der Waals surface area contributed by atoms with Crippen LogP contribution in [0.15, 0.2) is 4.90 Å². The molecule has 1 aromatic heterocycles. The quantitative estimate of drug-likeness (QED) is 0.812. The number of hydrogen-bond donors (Lipinski definition) is 1. The highest BCUT2D eigenvalue weighted by Gasteiger charge is 2.39. The van der Waals surface area contributed by atoms with Gasteiger partial charge in [-0.1, -0.05) is 6.92 Å². The summed E-state index contributed by atoms with van der Waals surface area (Å²) in [4.78, 5) is 0.391. The highest BCUT2D eigenvalue weighted by molar-refractivity contribution is 7.89. The maximum atomic E-state index is 12.8. The highest BCUT2D eigenvalue weighted by Crippen LogP contribution is 2.33. The van der Waals surface area contributed by atoms with Gasteiger partial charge in [0.25, 0.3) is 0 Å². The first-order chi connectivity index (χ1) is 9.43. The number of hydrogen-bond acceptors (Lipinski definition) is 4. The van der Waals surface area contributed by atoms with Crippen LogP contribution < -0.4 is 5.32 Å². The second kappa shape index (κ2) is 5.83. The molecular weight excluding hydrogens is 276 g/mol. The van der Waals surface area contributed by atoms with Gasteiger partial charge in [0.15, 0.2) is 0 Å². The number of nitrogens with one attached hydrogen (secondary N) is 1. The van der Waals surface area contributed by atoms with Crippen LogP contribution in [0.2, 0.25) is 0 Å². The highest BCUT2D eigenvalue weighted by atomic mass is 32.2. The van der Waals surface area contributed by atoms with Crippen molar-refractivity contribution in [3.63, 3.8) is 0 Å². The van der Waals surface area contributed by atoms with Crippen LogP contribution in [0.4, 0.5) is 0 Å². The summed E-state index contributed by atoms with van der Waals surface area (Å²) in [6, 6.07) is 0.185. The van der Waals surface area contributed by atoms with Gasteiger partial charge in [-0.05, 0) is 33.7 Å². The standard InChI is InChI=1S/C13H24N4O2S/c1-5-17(12-6-7-12)20(18,19)13-10(2)15-16(11(13)3)9-8-14-4/h12,14H,5-9H2,1-4H3. The molecule has 0 aromatic carbocycles. The van der Waals surface area contributed by atoms with E-state index >= 15 is 0 Å². The fraction of sp³-hybridized carbons (Fsp3) is 0.769. The Kier molecular flexibility index (Phi) is 4.51. The van der Waals surface area contributed by atoms with Crippen molar-refractivity contribution in [3.05, 3.63) is 11.4 Å². The van der Waals surface area contributed by atoms with Gasteiger partial charge in [0.2, 0.25) is 10.0 Å². The number of rotatable bonds is 7. The third-order valence-corrected chi connectivity index (χ3v) is 6.00. The summed E-state index contributed by atoms with van der Waals surface area (Å²) in [7, 11) is -1.55. The summed E-state index contributed by atoms with van der Waals surface area (Å²) < 4.78 is 29.1. The first kappa shape index (κ1) is 15.5. The lowest BCUT2D eigenvalue weighted by Crippen LogP contribution is -2.33. The maximum Gasteiger partial charge on any atom is 0.246 e. The topological polar surface area (TPSA) is 67.2 Å². The summed E-state index contributed by atoms with van der Waals surface area (Å²) in [5.74, 6) is 0. The van der Waals surface area contributed by atoms with Crippen LogP contribution in [0.25, 0.3) is 0 Å². The monoisotopic (exact) mass is 300 g/mol. The van der Waals surface area contributed by atoms with Crippen molar-refractivity contribution in [1.82, 2.24) is 19.4 Å². The summed E-state index contributed by atoms with van der Waals surface area (Å²) in [6.45, 7) is 7.47. The second-order valence-electron chi connectivity index (χ2n) is 5.27.